The number of hydrogen-bond donors (Lipinski definition) is 3. The molecule has 2 aromatic heterocycles. The van der Waals surface area contributed by atoms with Gasteiger partial charge in [0.25, 0.3) is 5.91 Å². The zero-order valence-electron chi connectivity index (χ0n) is 41.5. The van der Waals surface area contributed by atoms with Gasteiger partial charge in [0.2, 0.25) is 17.6 Å². The topological polar surface area (TPSA) is 223 Å². The number of piperidine rings is 1. The third-order valence-electron chi connectivity index (χ3n) is 14.9. The Morgan fingerprint density at radius 1 is 0.932 bits per heavy atom. The van der Waals surface area contributed by atoms with Gasteiger partial charge in [0, 0.05) is 86.0 Å². The fourth-order valence-corrected chi connectivity index (χ4v) is 11.2. The number of aromatic hydroxyl groups is 2. The molecule has 3 fully saturated rings. The van der Waals surface area contributed by atoms with E-state index in [0.29, 0.717) is 80.7 Å². The van der Waals surface area contributed by atoms with Gasteiger partial charge in [-0.05, 0) is 91.2 Å². The summed E-state index contributed by atoms with van der Waals surface area (Å²) >= 11 is 6.79. The molecule has 4 aliphatic rings. The van der Waals surface area contributed by atoms with Gasteiger partial charge in [-0.3, -0.25) is 23.9 Å². The van der Waals surface area contributed by atoms with Gasteiger partial charge in [0.05, 0.1) is 48.0 Å². The van der Waals surface area contributed by atoms with Crippen LogP contribution in [0.5, 0.6) is 17.5 Å². The first kappa shape index (κ1) is 49.8. The number of nitriles is 1. The highest BCUT2D eigenvalue weighted by molar-refractivity contribution is 6.36. The van der Waals surface area contributed by atoms with E-state index in [1.54, 1.807) is 11.0 Å². The maximum Gasteiger partial charge on any atom is 0.318 e. The number of amides is 3. The molecule has 74 heavy (non-hydrogen) atoms. The van der Waals surface area contributed by atoms with Gasteiger partial charge in [-0.25, -0.2) is 0 Å². The number of nitrogens with two attached hydrogens (primary N) is 1. The fourth-order valence-electron chi connectivity index (χ4n) is 10.9. The Balaban J connectivity index is 0.765. The molecular weight excluding hydrogens is 960 g/mol. The molecule has 4 aromatic carbocycles. The SMILES string of the molecule is C=CC(=O)N1CCN(c2nc(OCC3CN(C(=O)C4CCN(Cc5ccc(-n6c(C(N)=O)nnc6-c6cc(C(C)C)c(O)cc6O)cc5)CC4)C3)nc3c2CCN(c2cccc4cccc(Cl)c24)C3)C[C@@H]1CC#N. The van der Waals surface area contributed by atoms with Crippen LogP contribution < -0.4 is 20.3 Å². The number of hydrogen-bond acceptors (Lipinski definition) is 14. The molecule has 0 spiro atoms. The summed E-state index contributed by atoms with van der Waals surface area (Å²) in [7, 11) is 0. The van der Waals surface area contributed by atoms with E-state index in [-0.39, 0.29) is 71.2 Å². The molecule has 0 unspecified atom stereocenters. The number of ether oxygens (including phenoxy) is 1. The number of benzene rings is 4. The Kier molecular flexibility index (Phi) is 14.1. The van der Waals surface area contributed by atoms with Gasteiger partial charge in [-0.1, -0.05) is 68.4 Å². The third-order valence-corrected chi connectivity index (χ3v) is 15.2. The summed E-state index contributed by atoms with van der Waals surface area (Å²) in [6, 6.07) is 24.9. The number of anilines is 2. The number of primary amides is 1. The highest BCUT2D eigenvalue weighted by atomic mass is 35.5. The highest BCUT2D eigenvalue weighted by Gasteiger charge is 2.38. The quantitative estimate of drug-likeness (QED) is 0.0980. The molecule has 0 radical (unpaired) electrons. The number of halogens is 1. The predicted octanol–water partition coefficient (Wildman–Crippen LogP) is 6.59. The second kappa shape index (κ2) is 21.0. The van der Waals surface area contributed by atoms with E-state index in [0.717, 1.165) is 71.6 Å². The number of likely N-dealkylation sites (tertiary alicyclic amines) is 2. The van der Waals surface area contributed by atoms with Crippen LogP contribution in [0.25, 0.3) is 27.8 Å². The summed E-state index contributed by atoms with van der Waals surface area (Å²) in [4.78, 5) is 59.5. The molecule has 6 heterocycles. The van der Waals surface area contributed by atoms with Crippen molar-refractivity contribution >= 4 is 51.6 Å². The van der Waals surface area contributed by atoms with Crippen LogP contribution in [-0.4, -0.2) is 132 Å². The summed E-state index contributed by atoms with van der Waals surface area (Å²) < 4.78 is 7.92. The first-order chi connectivity index (χ1) is 35.8. The van der Waals surface area contributed by atoms with Gasteiger partial charge in [-0.15, -0.1) is 10.2 Å². The van der Waals surface area contributed by atoms with Crippen molar-refractivity contribution in [3.05, 3.63) is 119 Å². The molecule has 382 valence electrons. The number of piperazine rings is 1. The lowest BCUT2D eigenvalue weighted by atomic mass is 9.91. The van der Waals surface area contributed by atoms with Crippen molar-refractivity contribution in [3.63, 3.8) is 0 Å². The molecule has 4 N–H and O–H groups in total. The second-order valence-corrected chi connectivity index (χ2v) is 20.4. The van der Waals surface area contributed by atoms with Crippen LogP contribution in [0.2, 0.25) is 5.02 Å². The summed E-state index contributed by atoms with van der Waals surface area (Å²) in [5.74, 6) is -0.162. The Bertz CT molecular complexity index is 3170. The van der Waals surface area contributed by atoms with E-state index >= 15 is 0 Å². The van der Waals surface area contributed by atoms with Crippen LogP contribution in [-0.2, 0) is 29.1 Å². The number of rotatable bonds is 14. The highest BCUT2D eigenvalue weighted by Crippen LogP contribution is 2.40. The first-order valence-electron chi connectivity index (χ1n) is 25.2. The Labute approximate surface area is 434 Å². The van der Waals surface area contributed by atoms with Gasteiger partial charge >= 0.3 is 6.01 Å². The van der Waals surface area contributed by atoms with E-state index < -0.39 is 5.91 Å². The molecule has 6 aromatic rings. The molecule has 0 saturated carbocycles. The van der Waals surface area contributed by atoms with Gasteiger partial charge in [0.15, 0.2) is 5.82 Å². The number of carbonyl (C=O) groups excluding carboxylic acids is 3. The summed E-state index contributed by atoms with van der Waals surface area (Å²) in [5.41, 5.74) is 11.2. The maximum absolute atomic E-state index is 13.8. The normalized spacial score (nSPS) is 17.5. The minimum Gasteiger partial charge on any atom is -0.508 e. The van der Waals surface area contributed by atoms with Crippen LogP contribution in [0.1, 0.15) is 72.0 Å². The molecule has 3 amide bonds. The van der Waals surface area contributed by atoms with Crippen LogP contribution in [0.15, 0.2) is 85.5 Å². The van der Waals surface area contributed by atoms with E-state index in [1.165, 1.54) is 16.7 Å². The van der Waals surface area contributed by atoms with Crippen molar-refractivity contribution < 1.29 is 29.3 Å². The second-order valence-electron chi connectivity index (χ2n) is 20.0. The zero-order chi connectivity index (χ0) is 51.8. The summed E-state index contributed by atoms with van der Waals surface area (Å²) in [5, 5.41) is 42.0. The van der Waals surface area contributed by atoms with Gasteiger partial charge < -0.3 is 40.3 Å². The summed E-state index contributed by atoms with van der Waals surface area (Å²) in [6.07, 6.45) is 3.65. The largest absolute Gasteiger partial charge is 0.508 e. The van der Waals surface area contributed by atoms with Crippen LogP contribution in [0, 0.1) is 23.2 Å². The lowest BCUT2D eigenvalue weighted by Gasteiger charge is -2.43. The minimum absolute atomic E-state index is 0.0393. The average Bonchev–Trinajstić information content (AvgIpc) is 3.84. The third kappa shape index (κ3) is 9.89. The van der Waals surface area contributed by atoms with Crippen molar-refractivity contribution in [1.82, 2.24) is 39.4 Å². The number of nitrogens with zero attached hydrogens (tertiary/aromatic N) is 11. The summed E-state index contributed by atoms with van der Waals surface area (Å²) in [6.45, 7) is 13.9. The fraction of sp³-hybridized carbons (Fsp3) is 0.382. The monoisotopic (exact) mass is 1020 g/mol. The lowest BCUT2D eigenvalue weighted by molar-refractivity contribution is -0.144. The van der Waals surface area contributed by atoms with Gasteiger partial charge in [0.1, 0.15) is 17.3 Å². The Morgan fingerprint density at radius 3 is 2.41 bits per heavy atom. The Hall–Kier alpha value is -7.75. The zero-order valence-corrected chi connectivity index (χ0v) is 42.3. The van der Waals surface area contributed by atoms with E-state index in [9.17, 15) is 29.9 Å². The van der Waals surface area contributed by atoms with Crippen LogP contribution >= 0.6 is 11.6 Å². The first-order valence-corrected chi connectivity index (χ1v) is 25.6. The number of phenolic OH excluding ortho intramolecular Hbond substituents is 2. The van der Waals surface area contributed by atoms with E-state index in [2.05, 4.69) is 55.7 Å². The lowest BCUT2D eigenvalue weighted by Crippen LogP contribution is -2.55. The van der Waals surface area contributed by atoms with Gasteiger partial charge in [-0.2, -0.15) is 15.2 Å². The number of carbonyl (C=O) groups is 3. The van der Waals surface area contributed by atoms with Crippen molar-refractivity contribution in [1.29, 1.82) is 5.26 Å². The molecule has 10 rings (SSSR count). The van der Waals surface area contributed by atoms with Crippen LogP contribution in [0.3, 0.4) is 0 Å². The predicted molar refractivity (Wildman–Crippen MR) is 280 cm³/mol. The minimum atomic E-state index is -0.778. The standard InChI is InChI=1S/C55H59ClN12O6/c1-4-48(71)67-24-23-65(30-39(67)15-19-57)51-40-18-22-64(45-10-6-8-36-7-5-9-43(56)49(36)45)31-44(40)59-55(60-51)74-32-35-28-66(29-35)54(73)37-16-20-63(21-17-37)27-34-11-13-38(14-12-34)68-52(61-62-53(68)50(58)72)42-25-41(33(2)3)46(69)26-47(42)70/h4-14,25-26,33,35,37,39,69-70H,1,15-18,20-24,27-32H2,2-3H3,(H2,58,72)/t39-/m0/s1. The van der Waals surface area contributed by atoms with E-state index in [4.69, 9.17) is 32.0 Å². The molecule has 0 bridgehead atoms. The Morgan fingerprint density at radius 2 is 1.69 bits per heavy atom. The van der Waals surface area contributed by atoms with Crippen molar-refractivity contribution in [2.45, 2.75) is 64.6 Å². The van der Waals surface area contributed by atoms with Crippen molar-refractivity contribution in [2.75, 3.05) is 68.8 Å². The number of aromatic nitrogens is 5. The molecular formula is C55H59ClN12O6. The van der Waals surface area contributed by atoms with Crippen LogP contribution in [0.4, 0.5) is 11.5 Å². The molecule has 4 aliphatic heterocycles. The smallest absolute Gasteiger partial charge is 0.318 e. The van der Waals surface area contributed by atoms with Crippen molar-refractivity contribution in [2.24, 2.45) is 17.6 Å². The maximum atomic E-state index is 13.8. The molecule has 18 nitrogen and oxygen atoms in total. The molecule has 19 heteroatoms. The van der Waals surface area contributed by atoms with Crippen molar-refractivity contribution in [3.8, 4) is 40.7 Å². The number of phenols is 2. The number of fused-ring (bicyclic) bond motifs is 2. The molecule has 1 atom stereocenters. The molecule has 0 aliphatic carbocycles. The average molecular weight is 1020 g/mol. The molecule has 3 saturated heterocycles. The van der Waals surface area contributed by atoms with E-state index in [1.807, 2.05) is 61.2 Å².